The van der Waals surface area contributed by atoms with Crippen LogP contribution in [0.4, 0.5) is 0 Å². The summed E-state index contributed by atoms with van der Waals surface area (Å²) in [6.07, 6.45) is 73.6. The second kappa shape index (κ2) is 80.8. The summed E-state index contributed by atoms with van der Waals surface area (Å²) in [6, 6.07) is 0. The maximum Gasteiger partial charge on any atom is 0.472 e. The van der Waals surface area contributed by atoms with E-state index in [1.807, 2.05) is 0 Å². The number of unbranched alkanes of at least 4 members (excludes halogenated alkanes) is 56. The number of esters is 4. The third-order valence-electron chi connectivity index (χ3n) is 21.7. The van der Waals surface area contributed by atoms with Crippen LogP contribution in [-0.4, -0.2) is 96.7 Å². The summed E-state index contributed by atoms with van der Waals surface area (Å²) in [5.74, 6) is 0.312. The molecule has 0 aliphatic carbocycles. The predicted molar refractivity (Wildman–Crippen MR) is 455 cm³/mol. The molecule has 0 aliphatic rings. The second-order valence-corrected chi connectivity index (χ2v) is 36.8. The van der Waals surface area contributed by atoms with Crippen molar-refractivity contribution in [2.75, 3.05) is 39.6 Å². The van der Waals surface area contributed by atoms with E-state index in [9.17, 15) is 43.2 Å². The van der Waals surface area contributed by atoms with Crippen molar-refractivity contribution in [2.24, 2.45) is 17.8 Å². The molecule has 0 bridgehead atoms. The van der Waals surface area contributed by atoms with Gasteiger partial charge >= 0.3 is 39.5 Å². The van der Waals surface area contributed by atoms with Gasteiger partial charge in [-0.25, -0.2) is 9.13 Å². The van der Waals surface area contributed by atoms with Crippen molar-refractivity contribution in [3.63, 3.8) is 0 Å². The molecule has 0 heterocycles. The van der Waals surface area contributed by atoms with Crippen LogP contribution in [0, 0.1) is 17.8 Å². The quantitative estimate of drug-likeness (QED) is 0.0222. The Morgan fingerprint density at radius 3 is 0.691 bits per heavy atom. The Hall–Kier alpha value is -1.94. The van der Waals surface area contributed by atoms with Crippen LogP contribution in [0.25, 0.3) is 0 Å². The molecule has 0 radical (unpaired) electrons. The summed E-state index contributed by atoms with van der Waals surface area (Å²) in [7, 11) is -9.94. The number of hydrogen-bond acceptors (Lipinski definition) is 15. The molecule has 0 aliphatic heterocycles. The third kappa shape index (κ3) is 82.6. The lowest BCUT2D eigenvalue weighted by molar-refractivity contribution is -0.161. The Morgan fingerprint density at radius 1 is 0.264 bits per heavy atom. The number of aliphatic hydroxyl groups is 1. The molecule has 0 rings (SSSR count). The first-order valence-corrected chi connectivity index (χ1v) is 49.9. The van der Waals surface area contributed by atoms with Crippen molar-refractivity contribution in [1.29, 1.82) is 0 Å². The van der Waals surface area contributed by atoms with Crippen molar-refractivity contribution in [3.8, 4) is 0 Å². The van der Waals surface area contributed by atoms with Gasteiger partial charge < -0.3 is 33.8 Å². The summed E-state index contributed by atoms with van der Waals surface area (Å²) in [6.45, 7) is 12.1. The van der Waals surface area contributed by atoms with Gasteiger partial charge in [0.2, 0.25) is 0 Å². The Balaban J connectivity index is 5.25. The van der Waals surface area contributed by atoms with Crippen LogP contribution in [0.5, 0.6) is 0 Å². The molecular weight excluding hydrogens is 1430 g/mol. The predicted octanol–water partition coefficient (Wildman–Crippen LogP) is 28.0. The van der Waals surface area contributed by atoms with Gasteiger partial charge in [0, 0.05) is 25.7 Å². The number of rotatable bonds is 89. The molecule has 17 nitrogen and oxygen atoms in total. The molecule has 19 heteroatoms. The molecule has 0 spiro atoms. The van der Waals surface area contributed by atoms with Gasteiger partial charge in [-0.3, -0.25) is 37.3 Å². The minimum absolute atomic E-state index is 0.107. The summed E-state index contributed by atoms with van der Waals surface area (Å²) in [5.41, 5.74) is 0. The molecule has 110 heavy (non-hydrogen) atoms. The smallest absolute Gasteiger partial charge is 0.462 e. The van der Waals surface area contributed by atoms with Crippen LogP contribution in [0.3, 0.4) is 0 Å². The minimum Gasteiger partial charge on any atom is -0.462 e. The number of hydrogen-bond donors (Lipinski definition) is 3. The van der Waals surface area contributed by atoms with Gasteiger partial charge in [-0.1, -0.05) is 434 Å². The van der Waals surface area contributed by atoms with E-state index in [1.165, 1.54) is 295 Å². The first-order chi connectivity index (χ1) is 53.3. The number of ether oxygens (including phenoxy) is 4. The molecule has 654 valence electrons. The number of phosphoric ester groups is 2. The zero-order valence-electron chi connectivity index (χ0n) is 72.7. The molecule has 0 amide bonds. The van der Waals surface area contributed by atoms with Crippen LogP contribution >= 0.6 is 15.6 Å². The maximum absolute atomic E-state index is 13.2. The van der Waals surface area contributed by atoms with E-state index in [0.717, 1.165) is 108 Å². The lowest BCUT2D eigenvalue weighted by Crippen LogP contribution is -2.30. The molecule has 0 aromatic carbocycles. The van der Waals surface area contributed by atoms with E-state index in [2.05, 4.69) is 48.5 Å². The zero-order chi connectivity index (χ0) is 80.8. The van der Waals surface area contributed by atoms with Crippen molar-refractivity contribution < 1.29 is 80.2 Å². The van der Waals surface area contributed by atoms with E-state index < -0.39 is 97.5 Å². The number of phosphoric acid groups is 2. The van der Waals surface area contributed by atoms with E-state index in [0.29, 0.717) is 25.7 Å². The Labute approximate surface area is 677 Å². The van der Waals surface area contributed by atoms with E-state index in [-0.39, 0.29) is 25.7 Å². The van der Waals surface area contributed by atoms with Crippen LogP contribution < -0.4 is 0 Å². The average Bonchev–Trinajstić information content (AvgIpc) is 0.897. The van der Waals surface area contributed by atoms with Crippen LogP contribution in [0.2, 0.25) is 0 Å². The molecule has 6 atom stereocenters. The van der Waals surface area contributed by atoms with Gasteiger partial charge in [-0.15, -0.1) is 0 Å². The minimum atomic E-state index is -4.97. The number of carbonyl (C=O) groups is 4. The van der Waals surface area contributed by atoms with E-state index in [4.69, 9.17) is 37.0 Å². The van der Waals surface area contributed by atoms with Crippen LogP contribution in [-0.2, 0) is 65.4 Å². The summed E-state index contributed by atoms with van der Waals surface area (Å²) in [4.78, 5) is 73.4. The Kier molecular flexibility index (Phi) is 79.4. The molecule has 0 fully saturated rings. The monoisotopic (exact) mass is 1610 g/mol. The SMILES string of the molecule is CCCCCCCCCCCCCCCCCCCCCC(=O)OC[C@H](COP(=O)(O)OC[C@@H](O)COP(=O)(O)OC[C@@H](COC(=O)CCCCCCCCCCCC(C)C)OC(=O)CCCCCCCCCCCCCCCCC(C)CC)OC(=O)CCCCCCCCCCCCCCCCCCCCC(C)C. The molecule has 3 N–H and O–H groups in total. The zero-order valence-corrected chi connectivity index (χ0v) is 74.5. The summed E-state index contributed by atoms with van der Waals surface area (Å²) in [5, 5.41) is 10.7. The highest BCUT2D eigenvalue weighted by Gasteiger charge is 2.31. The summed E-state index contributed by atoms with van der Waals surface area (Å²) >= 11 is 0. The highest BCUT2D eigenvalue weighted by Crippen LogP contribution is 2.45. The largest absolute Gasteiger partial charge is 0.472 e. The fourth-order valence-electron chi connectivity index (χ4n) is 14.2. The number of aliphatic hydroxyl groups excluding tert-OH is 1. The van der Waals surface area contributed by atoms with Gasteiger partial charge in [-0.05, 0) is 43.4 Å². The second-order valence-electron chi connectivity index (χ2n) is 33.9. The Bertz CT molecular complexity index is 2120. The molecule has 3 unspecified atom stereocenters. The van der Waals surface area contributed by atoms with Crippen LogP contribution in [0.1, 0.15) is 485 Å². The molecule has 0 aromatic heterocycles. The summed E-state index contributed by atoms with van der Waals surface area (Å²) < 4.78 is 69.1. The molecule has 0 aromatic rings. The fourth-order valence-corrected chi connectivity index (χ4v) is 15.8. The van der Waals surface area contributed by atoms with Crippen molar-refractivity contribution >= 4 is 39.5 Å². The lowest BCUT2D eigenvalue weighted by Gasteiger charge is -2.21. The van der Waals surface area contributed by atoms with Crippen LogP contribution in [0.15, 0.2) is 0 Å². The van der Waals surface area contributed by atoms with Crippen molar-refractivity contribution in [3.05, 3.63) is 0 Å². The van der Waals surface area contributed by atoms with E-state index >= 15 is 0 Å². The maximum atomic E-state index is 13.2. The van der Waals surface area contributed by atoms with Crippen molar-refractivity contribution in [1.82, 2.24) is 0 Å². The van der Waals surface area contributed by atoms with Gasteiger partial charge in [-0.2, -0.15) is 0 Å². The van der Waals surface area contributed by atoms with Gasteiger partial charge in [0.15, 0.2) is 12.2 Å². The lowest BCUT2D eigenvalue weighted by atomic mass is 9.99. The third-order valence-corrected chi connectivity index (χ3v) is 23.6. The normalized spacial score (nSPS) is 14.0. The first-order valence-electron chi connectivity index (χ1n) is 46.9. The van der Waals surface area contributed by atoms with E-state index in [1.54, 1.807) is 0 Å². The standard InChI is InChI=1S/C91H178O17P2/c1-8-10-11-12-13-14-15-16-17-18-19-23-26-32-37-44-51-58-65-72-88(93)101-78-86(107-90(95)74-67-60-53-45-38-33-27-24-21-20-22-25-30-35-41-48-55-62-69-82(3)4)80-105-109(97,98)103-76-85(92)77-104-110(99,100)106-81-87(79-102-89(94)73-66-59-52-47-40-42-49-56-63-70-83(5)6)108-91(96)75-68-61-54-46-39-34-29-28-31-36-43-50-57-64-71-84(7)9-2/h82-87,92H,8-81H2,1-7H3,(H,97,98)(H,99,100)/t84?,85-,86-,87-/m1/s1. The highest BCUT2D eigenvalue weighted by atomic mass is 31.2. The highest BCUT2D eigenvalue weighted by molar-refractivity contribution is 7.47. The average molecular weight is 1610 g/mol. The Morgan fingerprint density at radius 2 is 0.464 bits per heavy atom. The molecule has 0 saturated heterocycles. The van der Waals surface area contributed by atoms with Gasteiger partial charge in [0.05, 0.1) is 26.4 Å². The van der Waals surface area contributed by atoms with Gasteiger partial charge in [0.25, 0.3) is 0 Å². The topological polar surface area (TPSA) is 237 Å². The van der Waals surface area contributed by atoms with Gasteiger partial charge in [0.1, 0.15) is 19.3 Å². The number of carbonyl (C=O) groups excluding carboxylic acids is 4. The van der Waals surface area contributed by atoms with Crippen molar-refractivity contribution in [2.45, 2.75) is 503 Å². The molecular formula is C91H178O17P2. The first kappa shape index (κ1) is 108. The molecule has 0 saturated carbocycles. The fraction of sp³-hybridized carbons (Fsp3) is 0.956.